The van der Waals surface area contributed by atoms with Crippen LogP contribution in [0.1, 0.15) is 22.7 Å². The van der Waals surface area contributed by atoms with Gasteiger partial charge in [-0.05, 0) is 35.2 Å². The summed E-state index contributed by atoms with van der Waals surface area (Å²) in [6.07, 6.45) is 0.890. The van der Waals surface area contributed by atoms with Crippen molar-refractivity contribution in [3.05, 3.63) is 70.2 Å². The van der Waals surface area contributed by atoms with E-state index in [1.54, 1.807) is 0 Å². The van der Waals surface area contributed by atoms with Crippen LogP contribution in [-0.4, -0.2) is 17.4 Å². The quantitative estimate of drug-likeness (QED) is 0.947. The minimum absolute atomic E-state index is 0.325. The number of amides is 1. The monoisotopic (exact) mass is 299 g/mol. The Morgan fingerprint density at radius 3 is 2.95 bits per heavy atom. The maximum atomic E-state index is 11.9. The number of hydrogen-bond acceptors (Lipinski definition) is 2. The summed E-state index contributed by atoms with van der Waals surface area (Å²) in [5.74, 6) is -0.325. The largest absolute Gasteiger partial charge is 0.368 e. The molecule has 0 fully saturated rings. The first-order valence-electron chi connectivity index (χ1n) is 6.92. The van der Waals surface area contributed by atoms with Crippen molar-refractivity contribution in [2.24, 2.45) is 5.73 Å². The number of carbonyl (C=O) groups excluding carboxylic acids is 1. The lowest BCUT2D eigenvalue weighted by Gasteiger charge is -2.35. The van der Waals surface area contributed by atoms with Gasteiger partial charge in [-0.2, -0.15) is 0 Å². The van der Waals surface area contributed by atoms with Crippen LogP contribution in [0, 0.1) is 6.07 Å². The Balaban J connectivity index is 1.93. The van der Waals surface area contributed by atoms with E-state index in [4.69, 9.17) is 17.3 Å². The first-order valence-corrected chi connectivity index (χ1v) is 7.30. The third-order valence-electron chi connectivity index (χ3n) is 3.92. The maximum Gasteiger partial charge on any atom is 0.239 e. The third-order valence-corrected chi connectivity index (χ3v) is 4.29. The number of primary amides is 1. The van der Waals surface area contributed by atoms with Gasteiger partial charge in [-0.15, -0.1) is 0 Å². The van der Waals surface area contributed by atoms with E-state index in [9.17, 15) is 4.79 Å². The minimum atomic E-state index is -0.403. The number of benzene rings is 2. The van der Waals surface area contributed by atoms with Crippen LogP contribution >= 0.6 is 11.6 Å². The third kappa shape index (κ3) is 2.80. The van der Waals surface area contributed by atoms with E-state index in [2.05, 4.69) is 11.0 Å². The Morgan fingerprint density at radius 2 is 2.19 bits per heavy atom. The molecule has 0 saturated heterocycles. The standard InChI is InChI=1S/C17H16ClN2O/c18-15-8-4-2-6-13(15)11-20-10-9-12-5-1-3-7-14(12)16(20)17(19)21/h2-8,16H,9-11H2,(H2,19,21). The van der Waals surface area contributed by atoms with Crippen molar-refractivity contribution < 1.29 is 4.79 Å². The molecule has 1 radical (unpaired) electrons. The molecule has 0 spiro atoms. The highest BCUT2D eigenvalue weighted by atomic mass is 35.5. The van der Waals surface area contributed by atoms with Crippen LogP contribution in [0.25, 0.3) is 0 Å². The molecular formula is C17H16ClN2O. The molecule has 4 heteroatoms. The van der Waals surface area contributed by atoms with E-state index in [-0.39, 0.29) is 5.91 Å². The highest BCUT2D eigenvalue weighted by Crippen LogP contribution is 2.31. The first kappa shape index (κ1) is 14.1. The van der Waals surface area contributed by atoms with E-state index in [0.29, 0.717) is 11.6 Å². The average Bonchev–Trinajstić information content (AvgIpc) is 2.49. The van der Waals surface area contributed by atoms with E-state index in [1.165, 1.54) is 0 Å². The summed E-state index contributed by atoms with van der Waals surface area (Å²) in [6, 6.07) is 16.1. The number of nitrogens with zero attached hydrogens (tertiary/aromatic N) is 1. The number of carbonyl (C=O) groups is 1. The van der Waals surface area contributed by atoms with Crippen LogP contribution in [-0.2, 0) is 17.8 Å². The Bertz CT molecular complexity index is 671. The van der Waals surface area contributed by atoms with Gasteiger partial charge in [-0.1, -0.05) is 48.0 Å². The molecule has 1 amide bonds. The zero-order valence-electron chi connectivity index (χ0n) is 11.6. The van der Waals surface area contributed by atoms with Crippen LogP contribution < -0.4 is 5.73 Å². The number of nitrogens with two attached hydrogens (primary N) is 1. The van der Waals surface area contributed by atoms with Crippen LogP contribution in [0.15, 0.2) is 42.5 Å². The number of hydrogen-bond donors (Lipinski definition) is 1. The Labute approximate surface area is 129 Å². The van der Waals surface area contributed by atoms with Crippen molar-refractivity contribution in [1.82, 2.24) is 4.90 Å². The molecule has 2 N–H and O–H groups in total. The lowest BCUT2D eigenvalue weighted by molar-refractivity contribution is -0.124. The molecule has 1 unspecified atom stereocenters. The predicted octanol–water partition coefficient (Wildman–Crippen LogP) is 2.72. The molecule has 1 atom stereocenters. The Hall–Kier alpha value is -1.84. The summed E-state index contributed by atoms with van der Waals surface area (Å²) in [6.45, 7) is 1.40. The second-order valence-corrected chi connectivity index (χ2v) is 5.65. The van der Waals surface area contributed by atoms with Crippen molar-refractivity contribution in [1.29, 1.82) is 0 Å². The zero-order chi connectivity index (χ0) is 14.8. The molecule has 2 aromatic carbocycles. The zero-order valence-corrected chi connectivity index (χ0v) is 12.3. The summed E-state index contributed by atoms with van der Waals surface area (Å²) >= 11 is 6.22. The summed E-state index contributed by atoms with van der Waals surface area (Å²) in [4.78, 5) is 14.0. The van der Waals surface area contributed by atoms with Gasteiger partial charge in [0.2, 0.25) is 5.91 Å². The molecule has 0 saturated carbocycles. The predicted molar refractivity (Wildman–Crippen MR) is 82.8 cm³/mol. The van der Waals surface area contributed by atoms with Crippen LogP contribution in [0.5, 0.6) is 0 Å². The second kappa shape index (κ2) is 5.88. The van der Waals surface area contributed by atoms with E-state index in [1.807, 2.05) is 42.5 Å². The number of fused-ring (bicyclic) bond motifs is 1. The van der Waals surface area contributed by atoms with Gasteiger partial charge >= 0.3 is 0 Å². The molecule has 0 aliphatic carbocycles. The van der Waals surface area contributed by atoms with Crippen molar-refractivity contribution in [2.45, 2.75) is 19.0 Å². The van der Waals surface area contributed by atoms with Crippen LogP contribution in [0.2, 0.25) is 5.02 Å². The highest BCUT2D eigenvalue weighted by molar-refractivity contribution is 6.31. The van der Waals surface area contributed by atoms with Gasteiger partial charge in [0.1, 0.15) is 6.04 Å². The van der Waals surface area contributed by atoms with E-state index < -0.39 is 6.04 Å². The van der Waals surface area contributed by atoms with Gasteiger partial charge in [0.15, 0.2) is 0 Å². The average molecular weight is 300 g/mol. The normalized spacial score (nSPS) is 18.2. The van der Waals surface area contributed by atoms with Gasteiger partial charge in [0.05, 0.1) is 0 Å². The van der Waals surface area contributed by atoms with Crippen LogP contribution in [0.4, 0.5) is 0 Å². The molecule has 0 bridgehead atoms. The smallest absolute Gasteiger partial charge is 0.239 e. The second-order valence-electron chi connectivity index (χ2n) is 5.24. The highest BCUT2D eigenvalue weighted by Gasteiger charge is 2.31. The Kier molecular flexibility index (Phi) is 3.95. The fraction of sp³-hybridized carbons (Fsp3) is 0.235. The van der Waals surface area contributed by atoms with Gasteiger partial charge in [-0.25, -0.2) is 0 Å². The van der Waals surface area contributed by atoms with E-state index in [0.717, 1.165) is 29.7 Å². The molecule has 1 aliphatic rings. The van der Waals surface area contributed by atoms with Crippen LogP contribution in [0.3, 0.4) is 0 Å². The molecule has 1 aliphatic heterocycles. The molecule has 0 aromatic heterocycles. The summed E-state index contributed by atoms with van der Waals surface area (Å²) in [5, 5.41) is 0.716. The SMILES string of the molecule is NC(=O)C1c2cc[c]cc2CCN1Cc1ccccc1Cl. The maximum absolute atomic E-state index is 11.9. The first-order chi connectivity index (χ1) is 10.2. The van der Waals surface area contributed by atoms with Gasteiger partial charge in [0, 0.05) is 18.1 Å². The topological polar surface area (TPSA) is 46.3 Å². The number of rotatable bonds is 3. The van der Waals surface area contributed by atoms with Gasteiger partial charge < -0.3 is 5.73 Å². The van der Waals surface area contributed by atoms with Crippen molar-refractivity contribution in [3.8, 4) is 0 Å². The summed E-state index contributed by atoms with van der Waals surface area (Å²) < 4.78 is 0. The molecule has 2 aromatic rings. The van der Waals surface area contributed by atoms with E-state index >= 15 is 0 Å². The lowest BCUT2D eigenvalue weighted by atomic mass is 9.92. The molecule has 3 nitrogen and oxygen atoms in total. The minimum Gasteiger partial charge on any atom is -0.368 e. The molecule has 21 heavy (non-hydrogen) atoms. The molecule has 3 rings (SSSR count). The fourth-order valence-corrected chi connectivity index (χ4v) is 3.09. The lowest BCUT2D eigenvalue weighted by Crippen LogP contribution is -2.42. The van der Waals surface area contributed by atoms with Crippen molar-refractivity contribution in [2.75, 3.05) is 6.54 Å². The number of halogens is 1. The fourth-order valence-electron chi connectivity index (χ4n) is 2.90. The molecule has 1 heterocycles. The summed E-state index contributed by atoms with van der Waals surface area (Å²) in [5.41, 5.74) is 8.79. The molecular weight excluding hydrogens is 284 g/mol. The van der Waals surface area contributed by atoms with Crippen molar-refractivity contribution >= 4 is 17.5 Å². The van der Waals surface area contributed by atoms with Gasteiger partial charge in [0.25, 0.3) is 0 Å². The van der Waals surface area contributed by atoms with Gasteiger partial charge in [-0.3, -0.25) is 9.69 Å². The van der Waals surface area contributed by atoms with Crippen molar-refractivity contribution in [3.63, 3.8) is 0 Å². The summed E-state index contributed by atoms with van der Waals surface area (Å²) in [7, 11) is 0. The Morgan fingerprint density at radius 1 is 1.38 bits per heavy atom. The molecule has 107 valence electrons.